The van der Waals surface area contributed by atoms with Crippen LogP contribution in [0.25, 0.3) is 10.9 Å². The van der Waals surface area contributed by atoms with Crippen molar-refractivity contribution < 1.29 is 32.1 Å². The van der Waals surface area contributed by atoms with Gasteiger partial charge in [-0.15, -0.1) is 0 Å². The van der Waals surface area contributed by atoms with Gasteiger partial charge in [0.25, 0.3) is 0 Å². The number of aromatic nitrogens is 1. The molecular formula is C29H35F4N3O3. The van der Waals surface area contributed by atoms with Crippen LogP contribution in [0.3, 0.4) is 0 Å². The predicted molar refractivity (Wildman–Crippen MR) is 143 cm³/mol. The Morgan fingerprint density at radius 1 is 1.08 bits per heavy atom. The highest BCUT2D eigenvalue weighted by Crippen LogP contribution is 2.42. The number of hydrogen-bond donors (Lipinski definition) is 1. The average Bonchev–Trinajstić information content (AvgIpc) is 2.94. The number of alkyl halides is 1. The Balaban J connectivity index is 1.37. The van der Waals surface area contributed by atoms with Crippen LogP contribution in [0.2, 0.25) is 0 Å². The largest absolute Gasteiger partial charge is 0.497 e. The monoisotopic (exact) mass is 549 g/mol. The van der Waals surface area contributed by atoms with Crippen molar-refractivity contribution in [2.24, 2.45) is 5.41 Å². The van der Waals surface area contributed by atoms with Gasteiger partial charge in [-0.3, -0.25) is 9.88 Å². The van der Waals surface area contributed by atoms with Crippen LogP contribution in [0.15, 0.2) is 36.5 Å². The third-order valence-electron chi connectivity index (χ3n) is 7.70. The first kappa shape index (κ1) is 28.9. The Hall–Kier alpha value is -3.11. The summed E-state index contributed by atoms with van der Waals surface area (Å²) in [5.41, 5.74) is 1.57. The van der Waals surface area contributed by atoms with Crippen LogP contribution in [0.1, 0.15) is 37.4 Å². The average molecular weight is 550 g/mol. The summed E-state index contributed by atoms with van der Waals surface area (Å²) in [6, 6.07) is 7.08. The molecule has 212 valence electrons. The molecule has 0 unspecified atom stereocenters. The Kier molecular flexibility index (Phi) is 9.17. The molecule has 1 aromatic heterocycles. The minimum absolute atomic E-state index is 0.0380. The number of halogens is 4. The molecule has 0 radical (unpaired) electrons. The molecule has 1 atom stereocenters. The standard InChI is InChI=1S/C29H35F4N3O3/c1-35(2)26-17-34-25-5-4-19(38-3)14-21(25)27(26)22(30)6-7-29(18-37)8-10-36(11-9-29)12-13-39-20-15-23(31)28(33)24(32)16-20/h4-5,14-17,22,37H,6-13,18H2,1-3H3/t22-/m1/s1. The molecule has 1 aliphatic heterocycles. The lowest BCUT2D eigenvalue weighted by Gasteiger charge is -2.41. The topological polar surface area (TPSA) is 58.1 Å². The van der Waals surface area contributed by atoms with Crippen LogP contribution < -0.4 is 14.4 Å². The molecule has 10 heteroatoms. The first-order valence-electron chi connectivity index (χ1n) is 13.0. The number of aliphatic hydroxyl groups is 1. The second-order valence-electron chi connectivity index (χ2n) is 10.4. The quantitative estimate of drug-likeness (QED) is 0.246. The van der Waals surface area contributed by atoms with E-state index < -0.39 is 29.0 Å². The van der Waals surface area contributed by atoms with Crippen molar-refractivity contribution in [2.75, 3.05) is 59.0 Å². The minimum Gasteiger partial charge on any atom is -0.497 e. The van der Waals surface area contributed by atoms with Gasteiger partial charge in [0.05, 0.1) is 24.5 Å². The molecule has 0 spiro atoms. The fourth-order valence-corrected chi connectivity index (χ4v) is 5.22. The van der Waals surface area contributed by atoms with Crippen LogP contribution in [0.4, 0.5) is 23.2 Å². The summed E-state index contributed by atoms with van der Waals surface area (Å²) in [6.07, 6.45) is 2.56. The summed E-state index contributed by atoms with van der Waals surface area (Å²) in [5.74, 6) is -3.55. The van der Waals surface area contributed by atoms with E-state index in [9.17, 15) is 18.3 Å². The summed E-state index contributed by atoms with van der Waals surface area (Å²) in [6.45, 7) is 1.99. The second kappa shape index (κ2) is 12.4. The first-order valence-corrected chi connectivity index (χ1v) is 13.0. The van der Waals surface area contributed by atoms with E-state index in [0.29, 0.717) is 66.8 Å². The smallest absolute Gasteiger partial charge is 0.194 e. The van der Waals surface area contributed by atoms with E-state index in [1.807, 2.05) is 31.1 Å². The van der Waals surface area contributed by atoms with Gasteiger partial charge in [-0.2, -0.15) is 0 Å². The van der Waals surface area contributed by atoms with E-state index in [1.54, 1.807) is 19.4 Å². The van der Waals surface area contributed by atoms with Crippen molar-refractivity contribution in [1.82, 2.24) is 9.88 Å². The van der Waals surface area contributed by atoms with Crippen molar-refractivity contribution in [2.45, 2.75) is 31.9 Å². The van der Waals surface area contributed by atoms with Gasteiger partial charge in [0.2, 0.25) is 0 Å². The van der Waals surface area contributed by atoms with Crippen LogP contribution in [-0.2, 0) is 0 Å². The molecule has 1 fully saturated rings. The fraction of sp³-hybridized carbons (Fsp3) is 0.483. The van der Waals surface area contributed by atoms with E-state index >= 15 is 4.39 Å². The third kappa shape index (κ3) is 6.55. The normalized spacial score (nSPS) is 16.3. The highest BCUT2D eigenvalue weighted by atomic mass is 19.2. The molecule has 39 heavy (non-hydrogen) atoms. The summed E-state index contributed by atoms with van der Waals surface area (Å²) in [7, 11) is 5.29. The van der Waals surface area contributed by atoms with E-state index in [1.165, 1.54) is 0 Å². The summed E-state index contributed by atoms with van der Waals surface area (Å²) in [5, 5.41) is 11.0. The molecule has 2 heterocycles. The third-order valence-corrected chi connectivity index (χ3v) is 7.70. The summed E-state index contributed by atoms with van der Waals surface area (Å²) in [4.78, 5) is 8.47. The maximum absolute atomic E-state index is 16.0. The lowest BCUT2D eigenvalue weighted by atomic mass is 9.74. The Bertz CT molecular complexity index is 1260. The van der Waals surface area contributed by atoms with Gasteiger partial charge in [-0.05, 0) is 62.4 Å². The maximum atomic E-state index is 16.0. The minimum atomic E-state index is -1.52. The van der Waals surface area contributed by atoms with Crippen molar-refractivity contribution in [3.05, 3.63) is 59.5 Å². The van der Waals surface area contributed by atoms with Crippen LogP contribution >= 0.6 is 0 Å². The zero-order valence-corrected chi connectivity index (χ0v) is 22.5. The Morgan fingerprint density at radius 2 is 1.77 bits per heavy atom. The number of hydrogen-bond acceptors (Lipinski definition) is 6. The molecule has 3 aromatic rings. The number of aliphatic hydroxyl groups excluding tert-OH is 1. The van der Waals surface area contributed by atoms with Gasteiger partial charge in [-0.25, -0.2) is 17.6 Å². The van der Waals surface area contributed by atoms with Gasteiger partial charge >= 0.3 is 0 Å². The molecule has 6 nitrogen and oxygen atoms in total. The summed E-state index contributed by atoms with van der Waals surface area (Å²) >= 11 is 0. The molecule has 0 saturated carbocycles. The highest BCUT2D eigenvalue weighted by Gasteiger charge is 2.35. The number of fused-ring (bicyclic) bond motifs is 1. The van der Waals surface area contributed by atoms with Crippen molar-refractivity contribution in [1.29, 1.82) is 0 Å². The zero-order chi connectivity index (χ0) is 28.2. The van der Waals surface area contributed by atoms with Crippen molar-refractivity contribution >= 4 is 16.6 Å². The number of rotatable bonds is 11. The molecular weight excluding hydrogens is 514 g/mol. The SMILES string of the molecule is COc1ccc2ncc(N(C)C)c([C@H](F)CCC3(CO)CCN(CCOc4cc(F)c(F)c(F)c4)CC3)c2c1. The van der Waals surface area contributed by atoms with Crippen LogP contribution in [0.5, 0.6) is 11.5 Å². The highest BCUT2D eigenvalue weighted by molar-refractivity contribution is 5.88. The second-order valence-corrected chi connectivity index (χ2v) is 10.4. The molecule has 0 aliphatic carbocycles. The number of ether oxygens (including phenoxy) is 2. The van der Waals surface area contributed by atoms with Crippen LogP contribution in [0, 0.1) is 22.9 Å². The first-order chi connectivity index (χ1) is 18.7. The molecule has 1 aliphatic rings. The summed E-state index contributed by atoms with van der Waals surface area (Å²) < 4.78 is 66.7. The molecule has 1 saturated heterocycles. The zero-order valence-electron chi connectivity index (χ0n) is 22.5. The van der Waals surface area contributed by atoms with Gasteiger partial charge < -0.3 is 19.5 Å². The molecule has 0 bridgehead atoms. The number of benzene rings is 2. The Morgan fingerprint density at radius 3 is 2.38 bits per heavy atom. The van der Waals surface area contributed by atoms with Crippen molar-refractivity contribution in [3.63, 3.8) is 0 Å². The van der Waals surface area contributed by atoms with E-state index in [2.05, 4.69) is 9.88 Å². The van der Waals surface area contributed by atoms with E-state index in [4.69, 9.17) is 9.47 Å². The van der Waals surface area contributed by atoms with Crippen LogP contribution in [-0.4, -0.2) is 69.0 Å². The molecule has 2 aromatic carbocycles. The molecule has 0 amide bonds. The fourth-order valence-electron chi connectivity index (χ4n) is 5.22. The number of methoxy groups -OCH3 is 1. The van der Waals surface area contributed by atoms with E-state index in [-0.39, 0.29) is 25.4 Å². The lowest BCUT2D eigenvalue weighted by molar-refractivity contribution is 0.0266. The number of anilines is 1. The maximum Gasteiger partial charge on any atom is 0.194 e. The van der Waals surface area contributed by atoms with Gasteiger partial charge in [0.1, 0.15) is 24.3 Å². The number of pyridine rings is 1. The van der Waals surface area contributed by atoms with Gasteiger partial charge in [-0.1, -0.05) is 0 Å². The molecule has 1 N–H and O–H groups in total. The van der Waals surface area contributed by atoms with E-state index in [0.717, 1.165) is 12.1 Å². The molecule has 4 rings (SSSR count). The van der Waals surface area contributed by atoms with Crippen molar-refractivity contribution in [3.8, 4) is 11.5 Å². The van der Waals surface area contributed by atoms with Gasteiger partial charge in [0.15, 0.2) is 17.5 Å². The van der Waals surface area contributed by atoms with Gasteiger partial charge in [0, 0.05) is 50.3 Å². The predicted octanol–water partition coefficient (Wildman–Crippen LogP) is 5.67. The number of nitrogens with zero attached hydrogens (tertiary/aromatic N) is 3. The number of piperidine rings is 1. The lowest BCUT2D eigenvalue weighted by Crippen LogP contribution is -2.43. The Labute approximate surface area is 226 Å². The number of likely N-dealkylation sites (tertiary alicyclic amines) is 1.